The molecule has 0 aliphatic heterocycles. The Balaban J connectivity index is 2.87. The molecule has 0 radical (unpaired) electrons. The highest BCUT2D eigenvalue weighted by atomic mass is 16.5. The first-order chi connectivity index (χ1) is 6.24. The predicted molar refractivity (Wildman–Crippen MR) is 53.7 cm³/mol. The maximum atomic E-state index is 9.05. The lowest BCUT2D eigenvalue weighted by molar-refractivity contribution is 0.245. The summed E-state index contributed by atoms with van der Waals surface area (Å²) in [5.74, 6) is 0.819. The first kappa shape index (κ1) is 9.81. The van der Waals surface area contributed by atoms with Gasteiger partial charge in [-0.15, -0.1) is 0 Å². The molecule has 0 heterocycles. The highest BCUT2D eigenvalue weighted by Crippen LogP contribution is 2.18. The van der Waals surface area contributed by atoms with Crippen LogP contribution in [0, 0.1) is 0 Å². The number of methoxy groups -OCH3 is 1. The monoisotopic (exact) mass is 178 g/mol. The molecule has 0 saturated heterocycles. The molecule has 0 aliphatic carbocycles. The maximum Gasteiger partial charge on any atom is 0.126 e. The fourth-order valence-electron chi connectivity index (χ4n) is 1.05. The van der Waals surface area contributed by atoms with Crippen LogP contribution in [-0.4, -0.2) is 18.3 Å². The van der Waals surface area contributed by atoms with Gasteiger partial charge < -0.3 is 9.84 Å². The van der Waals surface area contributed by atoms with Gasteiger partial charge in [-0.1, -0.05) is 30.4 Å². The zero-order valence-corrected chi connectivity index (χ0v) is 7.90. The second-order valence-electron chi connectivity index (χ2n) is 2.84. The molecule has 2 heteroatoms. The quantitative estimate of drug-likeness (QED) is 0.768. The van der Waals surface area contributed by atoms with Gasteiger partial charge in [0.15, 0.2) is 0 Å². The van der Waals surface area contributed by atoms with E-state index in [0.717, 1.165) is 11.3 Å². The lowest BCUT2D eigenvalue weighted by Gasteiger charge is -2.03. The van der Waals surface area contributed by atoms with Gasteiger partial charge in [0.2, 0.25) is 0 Å². The van der Waals surface area contributed by atoms with E-state index >= 15 is 0 Å². The molecular weight excluding hydrogens is 164 g/mol. The third-order valence-electron chi connectivity index (χ3n) is 1.69. The topological polar surface area (TPSA) is 29.5 Å². The SMILES string of the molecule is COc1ccccc1/C=C/[C@H](C)O. The number of aliphatic hydroxyl groups excluding tert-OH is 1. The minimum absolute atomic E-state index is 0.426. The zero-order chi connectivity index (χ0) is 9.68. The summed E-state index contributed by atoms with van der Waals surface area (Å²) in [5, 5.41) is 9.05. The molecule has 13 heavy (non-hydrogen) atoms. The van der Waals surface area contributed by atoms with E-state index in [1.165, 1.54) is 0 Å². The molecule has 1 rings (SSSR count). The summed E-state index contributed by atoms with van der Waals surface area (Å²) in [4.78, 5) is 0. The standard InChI is InChI=1S/C11H14O2/c1-9(12)7-8-10-5-3-4-6-11(10)13-2/h3-9,12H,1-2H3/b8-7+/t9-/m0/s1. The van der Waals surface area contributed by atoms with Gasteiger partial charge in [-0.25, -0.2) is 0 Å². The van der Waals surface area contributed by atoms with Gasteiger partial charge in [0, 0.05) is 5.56 Å². The van der Waals surface area contributed by atoms with Crippen LogP contribution in [-0.2, 0) is 0 Å². The minimum atomic E-state index is -0.426. The van der Waals surface area contributed by atoms with Crippen molar-refractivity contribution in [2.24, 2.45) is 0 Å². The second-order valence-corrected chi connectivity index (χ2v) is 2.84. The third-order valence-corrected chi connectivity index (χ3v) is 1.69. The fourth-order valence-corrected chi connectivity index (χ4v) is 1.05. The Kier molecular flexibility index (Phi) is 3.53. The van der Waals surface area contributed by atoms with Gasteiger partial charge in [0.25, 0.3) is 0 Å². The van der Waals surface area contributed by atoms with Crippen LogP contribution in [0.1, 0.15) is 12.5 Å². The second kappa shape index (κ2) is 4.67. The summed E-state index contributed by atoms with van der Waals surface area (Å²) in [6.07, 6.45) is 3.14. The van der Waals surface area contributed by atoms with Crippen molar-refractivity contribution < 1.29 is 9.84 Å². The van der Waals surface area contributed by atoms with Gasteiger partial charge in [-0.3, -0.25) is 0 Å². The minimum Gasteiger partial charge on any atom is -0.496 e. The molecule has 70 valence electrons. The highest BCUT2D eigenvalue weighted by molar-refractivity contribution is 5.57. The van der Waals surface area contributed by atoms with Crippen molar-refractivity contribution >= 4 is 6.08 Å². The summed E-state index contributed by atoms with van der Waals surface area (Å²) < 4.78 is 5.14. The molecule has 0 saturated carbocycles. The summed E-state index contributed by atoms with van der Waals surface area (Å²) >= 11 is 0. The van der Waals surface area contributed by atoms with E-state index in [9.17, 15) is 0 Å². The number of benzene rings is 1. The van der Waals surface area contributed by atoms with Crippen LogP contribution in [0.15, 0.2) is 30.3 Å². The number of ether oxygens (including phenoxy) is 1. The lowest BCUT2D eigenvalue weighted by Crippen LogP contribution is -1.92. The number of aliphatic hydroxyl groups is 1. The first-order valence-electron chi connectivity index (χ1n) is 4.23. The van der Waals surface area contributed by atoms with Crippen LogP contribution in [0.4, 0.5) is 0 Å². The van der Waals surface area contributed by atoms with Gasteiger partial charge in [-0.05, 0) is 13.0 Å². The molecule has 0 fully saturated rings. The van der Waals surface area contributed by atoms with E-state index in [-0.39, 0.29) is 0 Å². The molecule has 0 bridgehead atoms. The van der Waals surface area contributed by atoms with Gasteiger partial charge in [0.05, 0.1) is 13.2 Å². The summed E-state index contributed by atoms with van der Waals surface area (Å²) in [6.45, 7) is 1.71. The smallest absolute Gasteiger partial charge is 0.126 e. The van der Waals surface area contributed by atoms with Crippen molar-refractivity contribution in [3.8, 4) is 5.75 Å². The third kappa shape index (κ3) is 2.92. The number of rotatable bonds is 3. The van der Waals surface area contributed by atoms with Gasteiger partial charge >= 0.3 is 0 Å². The van der Waals surface area contributed by atoms with E-state index in [0.29, 0.717) is 0 Å². The van der Waals surface area contributed by atoms with Gasteiger partial charge in [0.1, 0.15) is 5.75 Å². The van der Waals surface area contributed by atoms with E-state index in [4.69, 9.17) is 9.84 Å². The van der Waals surface area contributed by atoms with Crippen molar-refractivity contribution in [2.75, 3.05) is 7.11 Å². The molecular formula is C11H14O2. The van der Waals surface area contributed by atoms with Crippen LogP contribution < -0.4 is 4.74 Å². The molecule has 1 aromatic rings. The Labute approximate surface area is 78.5 Å². The normalized spacial score (nSPS) is 13.2. The predicted octanol–water partition coefficient (Wildman–Crippen LogP) is 2.09. The van der Waals surface area contributed by atoms with Crippen LogP contribution in [0.2, 0.25) is 0 Å². The van der Waals surface area contributed by atoms with E-state index in [1.54, 1.807) is 20.1 Å². The van der Waals surface area contributed by atoms with Crippen LogP contribution >= 0.6 is 0 Å². The van der Waals surface area contributed by atoms with Gasteiger partial charge in [-0.2, -0.15) is 0 Å². The molecule has 1 N–H and O–H groups in total. The van der Waals surface area contributed by atoms with Crippen LogP contribution in [0.25, 0.3) is 6.08 Å². The number of hydrogen-bond donors (Lipinski definition) is 1. The van der Waals surface area contributed by atoms with Crippen molar-refractivity contribution in [3.05, 3.63) is 35.9 Å². The number of hydrogen-bond acceptors (Lipinski definition) is 2. The molecule has 0 unspecified atom stereocenters. The first-order valence-corrected chi connectivity index (χ1v) is 4.23. The van der Waals surface area contributed by atoms with Crippen molar-refractivity contribution in [3.63, 3.8) is 0 Å². The summed E-state index contributed by atoms with van der Waals surface area (Å²) in [5.41, 5.74) is 0.978. The molecule has 0 aliphatic rings. The Morgan fingerprint density at radius 2 is 2.08 bits per heavy atom. The molecule has 0 amide bonds. The Morgan fingerprint density at radius 1 is 1.38 bits per heavy atom. The highest BCUT2D eigenvalue weighted by Gasteiger charge is 1.96. The van der Waals surface area contributed by atoms with E-state index in [1.807, 2.05) is 30.3 Å². The lowest BCUT2D eigenvalue weighted by atomic mass is 10.1. The van der Waals surface area contributed by atoms with Crippen molar-refractivity contribution in [2.45, 2.75) is 13.0 Å². The Bertz CT molecular complexity index is 290. The molecule has 1 aromatic carbocycles. The average molecular weight is 178 g/mol. The van der Waals surface area contributed by atoms with Crippen molar-refractivity contribution in [1.82, 2.24) is 0 Å². The van der Waals surface area contributed by atoms with E-state index < -0.39 is 6.10 Å². The fraction of sp³-hybridized carbons (Fsp3) is 0.273. The van der Waals surface area contributed by atoms with Crippen molar-refractivity contribution in [1.29, 1.82) is 0 Å². The Hall–Kier alpha value is -1.28. The van der Waals surface area contributed by atoms with E-state index in [2.05, 4.69) is 0 Å². The molecule has 0 aromatic heterocycles. The number of para-hydroxylation sites is 1. The molecule has 2 nitrogen and oxygen atoms in total. The summed E-state index contributed by atoms with van der Waals surface area (Å²) in [6, 6.07) is 7.68. The maximum absolute atomic E-state index is 9.05. The van der Waals surface area contributed by atoms with Crippen LogP contribution in [0.5, 0.6) is 5.75 Å². The molecule has 1 atom stereocenters. The molecule has 0 spiro atoms. The zero-order valence-electron chi connectivity index (χ0n) is 7.90. The largest absolute Gasteiger partial charge is 0.496 e. The Morgan fingerprint density at radius 3 is 2.69 bits per heavy atom. The average Bonchev–Trinajstić information content (AvgIpc) is 2.15. The summed E-state index contributed by atoms with van der Waals surface area (Å²) in [7, 11) is 1.63. The van der Waals surface area contributed by atoms with Crippen LogP contribution in [0.3, 0.4) is 0 Å².